The predicted molar refractivity (Wildman–Crippen MR) is 73.4 cm³/mol. The second kappa shape index (κ2) is 5.74. The Labute approximate surface area is 103 Å². The molecule has 16 heavy (non-hydrogen) atoms. The van der Waals surface area contributed by atoms with Crippen LogP contribution in [0.5, 0.6) is 0 Å². The van der Waals surface area contributed by atoms with Crippen molar-refractivity contribution in [2.75, 3.05) is 12.4 Å². The largest absolute Gasteiger partial charge is 0.396 e. The van der Waals surface area contributed by atoms with Gasteiger partial charge in [-0.05, 0) is 68.0 Å². The van der Waals surface area contributed by atoms with Gasteiger partial charge in [0.05, 0.1) is 6.61 Å². The Hall–Kier alpha value is -0.470. The summed E-state index contributed by atoms with van der Waals surface area (Å²) < 4.78 is 0. The van der Waals surface area contributed by atoms with Gasteiger partial charge in [0.2, 0.25) is 0 Å². The lowest BCUT2D eigenvalue weighted by molar-refractivity contribution is 0.322. The Morgan fingerprint density at radius 2 is 1.25 bits per heavy atom. The van der Waals surface area contributed by atoms with Crippen LogP contribution in [0.4, 0.5) is 0 Å². The zero-order valence-corrected chi connectivity index (χ0v) is 11.8. The van der Waals surface area contributed by atoms with Crippen molar-refractivity contribution in [3.63, 3.8) is 0 Å². The number of hydrogen-bond donors (Lipinski definition) is 1. The number of hydrogen-bond acceptors (Lipinski definition) is 2. The van der Waals surface area contributed by atoms with E-state index in [9.17, 15) is 0 Å². The van der Waals surface area contributed by atoms with E-state index in [2.05, 4.69) is 34.6 Å². The Kier molecular flexibility index (Phi) is 4.88. The molecule has 1 aromatic carbocycles. The molecule has 0 saturated carbocycles. The summed E-state index contributed by atoms with van der Waals surface area (Å²) in [5, 5.41) is 8.82. The minimum absolute atomic E-state index is 0.270. The summed E-state index contributed by atoms with van der Waals surface area (Å²) >= 11 is 1.81. The van der Waals surface area contributed by atoms with Crippen LogP contribution in [0.15, 0.2) is 0 Å². The van der Waals surface area contributed by atoms with Gasteiger partial charge in [-0.25, -0.2) is 0 Å². The second-order valence-corrected chi connectivity index (χ2v) is 5.48. The van der Waals surface area contributed by atoms with Crippen molar-refractivity contribution in [2.24, 2.45) is 0 Å². The summed E-state index contributed by atoms with van der Waals surface area (Å²) in [4.78, 5) is 0. The molecule has 0 aromatic heterocycles. The van der Waals surface area contributed by atoms with Crippen molar-refractivity contribution in [1.29, 1.82) is 0 Å². The van der Waals surface area contributed by atoms with E-state index in [1.54, 1.807) is 0 Å². The van der Waals surface area contributed by atoms with Crippen molar-refractivity contribution in [1.82, 2.24) is 0 Å². The van der Waals surface area contributed by atoms with Gasteiger partial charge in [-0.1, -0.05) is 0 Å². The third-order valence-corrected chi connectivity index (χ3v) is 4.60. The first-order chi connectivity index (χ1) is 7.50. The van der Waals surface area contributed by atoms with Crippen LogP contribution in [0.25, 0.3) is 0 Å². The molecule has 1 N–H and O–H groups in total. The summed E-state index contributed by atoms with van der Waals surface area (Å²) in [5.41, 5.74) is 8.56. The molecule has 0 heterocycles. The zero-order valence-electron chi connectivity index (χ0n) is 11.0. The molecule has 0 amide bonds. The van der Waals surface area contributed by atoms with Gasteiger partial charge in [0, 0.05) is 11.5 Å². The van der Waals surface area contributed by atoms with E-state index in [0.29, 0.717) is 0 Å². The van der Waals surface area contributed by atoms with E-state index in [4.69, 9.17) is 5.11 Å². The molecule has 0 bridgehead atoms. The van der Waals surface area contributed by atoms with Gasteiger partial charge in [-0.3, -0.25) is 0 Å². The van der Waals surface area contributed by atoms with Crippen molar-refractivity contribution in [3.8, 4) is 0 Å². The fourth-order valence-electron chi connectivity index (χ4n) is 2.03. The third-order valence-electron chi connectivity index (χ3n) is 3.64. The van der Waals surface area contributed by atoms with Crippen LogP contribution in [0, 0.1) is 34.6 Å². The molecule has 1 rings (SSSR count). The fourth-order valence-corrected chi connectivity index (χ4v) is 2.94. The highest BCUT2D eigenvalue weighted by Crippen LogP contribution is 2.28. The molecule has 0 aliphatic carbocycles. The monoisotopic (exact) mass is 238 g/mol. The molecule has 1 aromatic rings. The van der Waals surface area contributed by atoms with Crippen LogP contribution in [-0.4, -0.2) is 17.5 Å². The standard InChI is InChI=1S/C14H22OS/c1-9-10(2)12(4)14(8-16-7-6-15)13(5)11(9)3/h15H,6-8H2,1-5H3. The Morgan fingerprint density at radius 3 is 1.69 bits per heavy atom. The summed E-state index contributed by atoms with van der Waals surface area (Å²) in [6, 6.07) is 0. The van der Waals surface area contributed by atoms with Gasteiger partial charge in [-0.2, -0.15) is 11.8 Å². The second-order valence-electron chi connectivity index (χ2n) is 4.38. The number of benzene rings is 1. The molecule has 0 atom stereocenters. The van der Waals surface area contributed by atoms with Crippen LogP contribution in [0.2, 0.25) is 0 Å². The minimum Gasteiger partial charge on any atom is -0.396 e. The zero-order chi connectivity index (χ0) is 12.3. The highest BCUT2D eigenvalue weighted by molar-refractivity contribution is 7.98. The summed E-state index contributed by atoms with van der Waals surface area (Å²) in [6.45, 7) is 11.3. The molecule has 0 saturated heterocycles. The van der Waals surface area contributed by atoms with Gasteiger partial charge in [0.25, 0.3) is 0 Å². The third kappa shape index (κ3) is 2.61. The number of aliphatic hydroxyl groups excluding tert-OH is 1. The van der Waals surface area contributed by atoms with Crippen molar-refractivity contribution >= 4 is 11.8 Å². The van der Waals surface area contributed by atoms with E-state index in [-0.39, 0.29) is 6.61 Å². The Balaban J connectivity index is 3.08. The van der Waals surface area contributed by atoms with Crippen LogP contribution in [-0.2, 0) is 5.75 Å². The van der Waals surface area contributed by atoms with Crippen LogP contribution < -0.4 is 0 Å². The Bertz CT molecular complexity index is 354. The molecule has 2 heteroatoms. The van der Waals surface area contributed by atoms with Crippen LogP contribution in [0.1, 0.15) is 33.4 Å². The van der Waals surface area contributed by atoms with Crippen LogP contribution in [0.3, 0.4) is 0 Å². The average molecular weight is 238 g/mol. The van der Waals surface area contributed by atoms with Gasteiger partial charge in [0.15, 0.2) is 0 Å². The number of aliphatic hydroxyl groups is 1. The van der Waals surface area contributed by atoms with Gasteiger partial charge in [-0.15, -0.1) is 0 Å². The molecular formula is C14H22OS. The summed E-state index contributed by atoms with van der Waals surface area (Å²) in [6.07, 6.45) is 0. The molecule has 0 radical (unpaired) electrons. The van der Waals surface area contributed by atoms with Gasteiger partial charge >= 0.3 is 0 Å². The van der Waals surface area contributed by atoms with E-state index in [1.165, 1.54) is 33.4 Å². The van der Waals surface area contributed by atoms with Crippen molar-refractivity contribution in [2.45, 2.75) is 40.4 Å². The minimum atomic E-state index is 0.270. The highest BCUT2D eigenvalue weighted by atomic mass is 32.2. The smallest absolute Gasteiger partial charge is 0.0521 e. The molecule has 0 unspecified atom stereocenters. The van der Waals surface area contributed by atoms with E-state index in [1.807, 2.05) is 11.8 Å². The maximum Gasteiger partial charge on any atom is 0.0521 e. The van der Waals surface area contributed by atoms with Gasteiger partial charge < -0.3 is 5.11 Å². The van der Waals surface area contributed by atoms with Gasteiger partial charge in [0.1, 0.15) is 0 Å². The summed E-state index contributed by atoms with van der Waals surface area (Å²) in [5.74, 6) is 1.84. The lowest BCUT2D eigenvalue weighted by Crippen LogP contribution is -2.02. The molecule has 0 fully saturated rings. The summed E-state index contributed by atoms with van der Waals surface area (Å²) in [7, 11) is 0. The molecule has 0 spiro atoms. The SMILES string of the molecule is Cc1c(C)c(C)c(CSCCO)c(C)c1C. The van der Waals surface area contributed by atoms with Crippen molar-refractivity contribution < 1.29 is 5.11 Å². The predicted octanol–water partition coefficient (Wildman–Crippen LogP) is 3.45. The topological polar surface area (TPSA) is 20.2 Å². The van der Waals surface area contributed by atoms with E-state index in [0.717, 1.165) is 11.5 Å². The number of rotatable bonds is 4. The lowest BCUT2D eigenvalue weighted by Gasteiger charge is -2.18. The molecule has 1 nitrogen and oxygen atoms in total. The first-order valence-electron chi connectivity index (χ1n) is 5.75. The molecule has 90 valence electrons. The average Bonchev–Trinajstić information content (AvgIpc) is 2.28. The fraction of sp³-hybridized carbons (Fsp3) is 0.571. The lowest BCUT2D eigenvalue weighted by atomic mass is 9.90. The maximum atomic E-state index is 8.82. The first kappa shape index (κ1) is 13.6. The van der Waals surface area contributed by atoms with Crippen LogP contribution >= 0.6 is 11.8 Å². The maximum absolute atomic E-state index is 8.82. The van der Waals surface area contributed by atoms with Crippen molar-refractivity contribution in [3.05, 3.63) is 33.4 Å². The first-order valence-corrected chi connectivity index (χ1v) is 6.90. The molecule has 0 aliphatic heterocycles. The molecule has 0 aliphatic rings. The number of thioether (sulfide) groups is 1. The van der Waals surface area contributed by atoms with E-state index < -0.39 is 0 Å². The quantitative estimate of drug-likeness (QED) is 0.811. The highest BCUT2D eigenvalue weighted by Gasteiger charge is 2.11. The Morgan fingerprint density at radius 1 is 0.812 bits per heavy atom. The normalized spacial score (nSPS) is 10.9. The van der Waals surface area contributed by atoms with E-state index >= 15 is 0 Å². The molecular weight excluding hydrogens is 216 g/mol.